The highest BCUT2D eigenvalue weighted by Gasteiger charge is 2.32. The van der Waals surface area contributed by atoms with Gasteiger partial charge < -0.3 is 4.55 Å². The van der Waals surface area contributed by atoms with Gasteiger partial charge in [0.25, 0.3) is 0 Å². The SMILES string of the molecule is C[C@H](N[S+]([O-])C(C)(C)C)c1ccn(-c2ccc(C(F)(F)F)nc2)n1. The topological polar surface area (TPSA) is 65.8 Å². The first-order valence-electron chi connectivity index (χ1n) is 7.26. The molecule has 0 aliphatic carbocycles. The van der Waals surface area contributed by atoms with Crippen LogP contribution in [0.2, 0.25) is 0 Å². The summed E-state index contributed by atoms with van der Waals surface area (Å²) in [5.74, 6) is 0. The van der Waals surface area contributed by atoms with E-state index in [1.165, 1.54) is 10.7 Å². The minimum absolute atomic E-state index is 0.270. The summed E-state index contributed by atoms with van der Waals surface area (Å²) < 4.78 is 53.7. The Morgan fingerprint density at radius 3 is 2.38 bits per heavy atom. The number of hydrogen-bond acceptors (Lipinski definition) is 4. The Balaban J connectivity index is 2.13. The zero-order chi connectivity index (χ0) is 18.1. The lowest BCUT2D eigenvalue weighted by molar-refractivity contribution is -0.141. The minimum Gasteiger partial charge on any atom is -0.598 e. The van der Waals surface area contributed by atoms with E-state index in [9.17, 15) is 17.7 Å². The van der Waals surface area contributed by atoms with Gasteiger partial charge in [0, 0.05) is 17.6 Å². The summed E-state index contributed by atoms with van der Waals surface area (Å²) in [6.45, 7) is 7.39. The highest BCUT2D eigenvalue weighted by Crippen LogP contribution is 2.27. The van der Waals surface area contributed by atoms with Gasteiger partial charge in [-0.15, -0.1) is 4.72 Å². The van der Waals surface area contributed by atoms with E-state index < -0.39 is 28.0 Å². The molecule has 2 atom stereocenters. The van der Waals surface area contributed by atoms with Gasteiger partial charge in [0.15, 0.2) is 0 Å². The first kappa shape index (κ1) is 18.8. The van der Waals surface area contributed by atoms with Gasteiger partial charge >= 0.3 is 6.18 Å². The number of aromatic nitrogens is 3. The Hall–Kier alpha value is -1.58. The number of nitrogens with one attached hydrogen (secondary N) is 1. The molecule has 0 saturated heterocycles. The van der Waals surface area contributed by atoms with Crippen LogP contribution < -0.4 is 4.72 Å². The maximum Gasteiger partial charge on any atom is 0.433 e. The fourth-order valence-corrected chi connectivity index (χ4v) is 2.60. The molecule has 1 unspecified atom stereocenters. The summed E-state index contributed by atoms with van der Waals surface area (Å²) in [5.41, 5.74) is 0.0973. The average Bonchev–Trinajstić information content (AvgIpc) is 2.95. The van der Waals surface area contributed by atoms with Crippen molar-refractivity contribution in [1.82, 2.24) is 19.5 Å². The molecule has 1 N–H and O–H groups in total. The van der Waals surface area contributed by atoms with E-state index >= 15 is 0 Å². The third-order valence-corrected chi connectivity index (χ3v) is 4.88. The van der Waals surface area contributed by atoms with E-state index in [1.807, 2.05) is 27.7 Å². The summed E-state index contributed by atoms with van der Waals surface area (Å²) in [4.78, 5) is 3.41. The molecule has 0 bridgehead atoms. The summed E-state index contributed by atoms with van der Waals surface area (Å²) in [5, 5.41) is 4.31. The first-order chi connectivity index (χ1) is 11.0. The van der Waals surface area contributed by atoms with Crippen molar-refractivity contribution < 1.29 is 17.7 Å². The number of rotatable bonds is 4. The summed E-state index contributed by atoms with van der Waals surface area (Å²) in [6.07, 6.45) is -1.73. The number of nitrogens with zero attached hydrogens (tertiary/aromatic N) is 3. The molecule has 132 valence electrons. The van der Waals surface area contributed by atoms with Crippen molar-refractivity contribution in [3.8, 4) is 5.69 Å². The molecule has 0 aliphatic rings. The lowest BCUT2D eigenvalue weighted by atomic mass is 10.3. The third kappa shape index (κ3) is 4.49. The van der Waals surface area contributed by atoms with Gasteiger partial charge in [-0.1, -0.05) is 0 Å². The highest BCUT2D eigenvalue weighted by atomic mass is 32.2. The number of alkyl halides is 3. The smallest absolute Gasteiger partial charge is 0.433 e. The Kier molecular flexibility index (Phi) is 5.26. The molecule has 9 heteroatoms. The summed E-state index contributed by atoms with van der Waals surface area (Å²) >= 11 is -1.25. The van der Waals surface area contributed by atoms with Crippen molar-refractivity contribution in [2.45, 2.75) is 44.7 Å². The molecule has 2 heterocycles. The van der Waals surface area contributed by atoms with Crippen molar-refractivity contribution in [2.24, 2.45) is 0 Å². The van der Waals surface area contributed by atoms with Gasteiger partial charge in [-0.3, -0.25) is 0 Å². The van der Waals surface area contributed by atoms with E-state index in [4.69, 9.17) is 0 Å². The lowest BCUT2D eigenvalue weighted by Crippen LogP contribution is -2.40. The van der Waals surface area contributed by atoms with E-state index in [1.54, 1.807) is 12.3 Å². The molecule has 0 spiro atoms. The fraction of sp³-hybridized carbons (Fsp3) is 0.467. The van der Waals surface area contributed by atoms with Crippen LogP contribution in [-0.2, 0) is 17.5 Å². The molecule has 5 nitrogen and oxygen atoms in total. The third-order valence-electron chi connectivity index (χ3n) is 3.20. The standard InChI is InChI=1S/C15H19F3N4OS/c1-10(21-24(23)14(2,3)4)12-7-8-22(20-12)11-5-6-13(19-9-11)15(16,17)18/h5-10,21H,1-4H3/t10-,24?/m0/s1. The van der Waals surface area contributed by atoms with Gasteiger partial charge in [0.05, 0.1) is 23.6 Å². The average molecular weight is 360 g/mol. The Morgan fingerprint density at radius 1 is 1.21 bits per heavy atom. The molecule has 0 radical (unpaired) electrons. The quantitative estimate of drug-likeness (QED) is 0.849. The Bertz CT molecular complexity index is 679. The zero-order valence-electron chi connectivity index (χ0n) is 13.8. The predicted octanol–water partition coefficient (Wildman–Crippen LogP) is 3.40. The fourth-order valence-electron chi connectivity index (χ4n) is 1.80. The molecule has 2 aromatic rings. The molecule has 0 saturated carbocycles. The predicted molar refractivity (Wildman–Crippen MR) is 85.8 cm³/mol. The number of halogens is 3. The lowest BCUT2D eigenvalue weighted by Gasteiger charge is -2.25. The molecule has 2 rings (SSSR count). The van der Waals surface area contributed by atoms with Crippen LogP contribution in [0.3, 0.4) is 0 Å². The maximum atomic E-state index is 12.5. The zero-order valence-corrected chi connectivity index (χ0v) is 14.6. The molecule has 0 fully saturated rings. The molecule has 24 heavy (non-hydrogen) atoms. The molecule has 0 aromatic carbocycles. The second-order valence-electron chi connectivity index (χ2n) is 6.31. The molecule has 0 amide bonds. The van der Waals surface area contributed by atoms with E-state index in [0.29, 0.717) is 11.4 Å². The van der Waals surface area contributed by atoms with Crippen LogP contribution in [-0.4, -0.2) is 24.1 Å². The van der Waals surface area contributed by atoms with E-state index in [0.717, 1.165) is 12.3 Å². The van der Waals surface area contributed by atoms with E-state index in [-0.39, 0.29) is 6.04 Å². The molecular weight excluding hydrogens is 341 g/mol. The first-order valence-corrected chi connectivity index (χ1v) is 8.40. The Morgan fingerprint density at radius 2 is 1.88 bits per heavy atom. The van der Waals surface area contributed by atoms with Gasteiger partial charge in [-0.25, -0.2) is 9.67 Å². The van der Waals surface area contributed by atoms with Crippen LogP contribution in [0.15, 0.2) is 30.6 Å². The minimum atomic E-state index is -4.47. The van der Waals surface area contributed by atoms with Gasteiger partial charge in [0.1, 0.15) is 10.4 Å². The van der Waals surface area contributed by atoms with Crippen molar-refractivity contribution in [2.75, 3.05) is 0 Å². The monoisotopic (exact) mass is 360 g/mol. The largest absolute Gasteiger partial charge is 0.598 e. The van der Waals surface area contributed by atoms with Crippen LogP contribution in [0.1, 0.15) is 45.1 Å². The van der Waals surface area contributed by atoms with Crippen LogP contribution in [0.4, 0.5) is 13.2 Å². The van der Waals surface area contributed by atoms with Crippen molar-refractivity contribution in [3.63, 3.8) is 0 Å². The molecular formula is C15H19F3N4OS. The molecule has 2 aromatic heterocycles. The maximum absolute atomic E-state index is 12.5. The normalized spacial score (nSPS) is 15.3. The van der Waals surface area contributed by atoms with E-state index in [2.05, 4.69) is 14.8 Å². The van der Waals surface area contributed by atoms with Crippen molar-refractivity contribution in [1.29, 1.82) is 0 Å². The van der Waals surface area contributed by atoms with Crippen LogP contribution in [0.5, 0.6) is 0 Å². The van der Waals surface area contributed by atoms with Crippen LogP contribution in [0.25, 0.3) is 5.69 Å². The van der Waals surface area contributed by atoms with Crippen LogP contribution in [0, 0.1) is 0 Å². The van der Waals surface area contributed by atoms with Crippen molar-refractivity contribution >= 4 is 11.4 Å². The van der Waals surface area contributed by atoms with Crippen LogP contribution >= 0.6 is 0 Å². The molecule has 0 aliphatic heterocycles. The van der Waals surface area contributed by atoms with Crippen molar-refractivity contribution in [3.05, 3.63) is 42.0 Å². The second-order valence-corrected chi connectivity index (χ2v) is 8.30. The summed E-state index contributed by atoms with van der Waals surface area (Å²) in [6, 6.07) is 3.66. The van der Waals surface area contributed by atoms with Gasteiger partial charge in [-0.2, -0.15) is 18.3 Å². The highest BCUT2D eigenvalue weighted by molar-refractivity contribution is 7.90. The number of pyridine rings is 1. The number of hydrogen-bond donors (Lipinski definition) is 1. The second kappa shape index (κ2) is 6.73. The van der Waals surface area contributed by atoms with Gasteiger partial charge in [0.2, 0.25) is 0 Å². The Labute approximate surface area is 141 Å². The summed E-state index contributed by atoms with van der Waals surface area (Å²) in [7, 11) is 0. The van der Waals surface area contributed by atoms with Gasteiger partial charge in [-0.05, 0) is 45.9 Å².